The van der Waals surface area contributed by atoms with Crippen molar-refractivity contribution in [3.63, 3.8) is 0 Å². The Balaban J connectivity index is 1.84. The van der Waals surface area contributed by atoms with Crippen LogP contribution in [0.15, 0.2) is 42.5 Å². The first-order chi connectivity index (χ1) is 12.5. The molecule has 1 N–H and O–H groups in total. The maximum Gasteiger partial charge on any atom is 0.238 e. The molecule has 0 aromatic heterocycles. The summed E-state index contributed by atoms with van der Waals surface area (Å²) in [6.07, 6.45) is 0. The van der Waals surface area contributed by atoms with E-state index < -0.39 is 17.2 Å². The summed E-state index contributed by atoms with van der Waals surface area (Å²) in [5.74, 6) is -1.81. The standard InChI is InChI=1S/C20H16FN3O2/c1-12(25)18-15(21)6-4-8-17(18)24-10-13(9-22)20(11-24)14-5-2-3-7-16(14)23-19(20)26/h2-8,13H,10-11H2,1H3,(H,23,26)/t13-,20+/m1/s1. The molecule has 26 heavy (non-hydrogen) atoms. The lowest BCUT2D eigenvalue weighted by Gasteiger charge is -2.25. The number of benzene rings is 2. The summed E-state index contributed by atoms with van der Waals surface area (Å²) in [4.78, 5) is 26.6. The van der Waals surface area contributed by atoms with E-state index in [1.807, 2.05) is 24.3 Å². The van der Waals surface area contributed by atoms with Crippen molar-refractivity contribution in [2.75, 3.05) is 23.3 Å². The van der Waals surface area contributed by atoms with Gasteiger partial charge in [-0.2, -0.15) is 5.26 Å². The number of Topliss-reactive ketones (excluding diaryl/α,β-unsaturated/α-hetero) is 1. The Morgan fingerprint density at radius 3 is 2.81 bits per heavy atom. The molecule has 4 rings (SSSR count). The fraction of sp³-hybridized carbons (Fsp3) is 0.250. The number of para-hydroxylation sites is 1. The molecule has 1 fully saturated rings. The van der Waals surface area contributed by atoms with Gasteiger partial charge in [0.1, 0.15) is 11.2 Å². The lowest BCUT2D eigenvalue weighted by Crippen LogP contribution is -2.42. The molecule has 2 aromatic carbocycles. The third-order valence-corrected chi connectivity index (χ3v) is 5.34. The molecule has 2 aliphatic heterocycles. The van der Waals surface area contributed by atoms with Gasteiger partial charge in [-0.25, -0.2) is 4.39 Å². The molecular formula is C20H16FN3O2. The van der Waals surface area contributed by atoms with E-state index in [0.29, 0.717) is 11.4 Å². The Bertz CT molecular complexity index is 981. The number of fused-ring (bicyclic) bond motifs is 2. The van der Waals surface area contributed by atoms with Gasteiger partial charge >= 0.3 is 0 Å². The van der Waals surface area contributed by atoms with Gasteiger partial charge in [0.05, 0.1) is 23.2 Å². The van der Waals surface area contributed by atoms with Crippen molar-refractivity contribution in [1.82, 2.24) is 0 Å². The topological polar surface area (TPSA) is 73.2 Å². The van der Waals surface area contributed by atoms with E-state index in [2.05, 4.69) is 11.4 Å². The Kier molecular flexibility index (Phi) is 3.55. The van der Waals surface area contributed by atoms with Crippen LogP contribution in [0.25, 0.3) is 0 Å². The first-order valence-electron chi connectivity index (χ1n) is 8.34. The van der Waals surface area contributed by atoms with Crippen LogP contribution in [-0.4, -0.2) is 24.8 Å². The number of anilines is 2. The second kappa shape index (κ2) is 5.67. The van der Waals surface area contributed by atoms with Gasteiger partial charge in [0.15, 0.2) is 5.78 Å². The molecule has 0 saturated carbocycles. The molecule has 0 unspecified atom stereocenters. The zero-order chi connectivity index (χ0) is 18.5. The average Bonchev–Trinajstić information content (AvgIpc) is 3.14. The number of hydrogen-bond donors (Lipinski definition) is 1. The number of nitrogens with one attached hydrogen (secondary N) is 1. The minimum Gasteiger partial charge on any atom is -0.368 e. The molecule has 5 nitrogen and oxygen atoms in total. The highest BCUT2D eigenvalue weighted by Crippen LogP contribution is 2.48. The van der Waals surface area contributed by atoms with Crippen molar-refractivity contribution in [2.45, 2.75) is 12.3 Å². The van der Waals surface area contributed by atoms with E-state index >= 15 is 0 Å². The predicted octanol–water partition coefficient (Wildman–Crippen LogP) is 2.88. The van der Waals surface area contributed by atoms with Crippen LogP contribution in [0.4, 0.5) is 15.8 Å². The Morgan fingerprint density at radius 1 is 1.31 bits per heavy atom. The second-order valence-electron chi connectivity index (χ2n) is 6.72. The number of carbonyl (C=O) groups excluding carboxylic acids is 2. The van der Waals surface area contributed by atoms with Crippen LogP contribution in [0, 0.1) is 23.1 Å². The van der Waals surface area contributed by atoms with Gasteiger partial charge in [-0.1, -0.05) is 24.3 Å². The van der Waals surface area contributed by atoms with Gasteiger partial charge in [-0.05, 0) is 30.7 Å². The number of nitrogens with zero attached hydrogens (tertiary/aromatic N) is 2. The van der Waals surface area contributed by atoms with E-state index in [0.717, 1.165) is 5.56 Å². The average molecular weight is 349 g/mol. The lowest BCUT2D eigenvalue weighted by molar-refractivity contribution is -0.120. The molecule has 2 heterocycles. The van der Waals surface area contributed by atoms with Crippen molar-refractivity contribution in [1.29, 1.82) is 5.26 Å². The minimum absolute atomic E-state index is 0.00655. The van der Waals surface area contributed by atoms with Gasteiger partial charge < -0.3 is 10.2 Å². The molecule has 2 aliphatic rings. The van der Waals surface area contributed by atoms with Crippen LogP contribution in [-0.2, 0) is 10.2 Å². The zero-order valence-electron chi connectivity index (χ0n) is 14.1. The highest BCUT2D eigenvalue weighted by Gasteiger charge is 2.58. The SMILES string of the molecule is CC(=O)c1c(F)cccc1N1C[C@@H](C#N)[C@]2(C1)C(=O)Nc1ccccc12. The molecule has 130 valence electrons. The quantitative estimate of drug-likeness (QED) is 0.846. The Morgan fingerprint density at radius 2 is 2.08 bits per heavy atom. The second-order valence-corrected chi connectivity index (χ2v) is 6.72. The van der Waals surface area contributed by atoms with Crippen LogP contribution in [0.2, 0.25) is 0 Å². The molecule has 0 radical (unpaired) electrons. The van der Waals surface area contributed by atoms with Gasteiger partial charge in [0, 0.05) is 18.8 Å². The highest BCUT2D eigenvalue weighted by atomic mass is 19.1. The van der Waals surface area contributed by atoms with Crippen LogP contribution < -0.4 is 10.2 Å². The van der Waals surface area contributed by atoms with Crippen LogP contribution >= 0.6 is 0 Å². The largest absolute Gasteiger partial charge is 0.368 e. The summed E-state index contributed by atoms with van der Waals surface area (Å²) in [7, 11) is 0. The molecule has 0 bridgehead atoms. The number of carbonyl (C=O) groups is 2. The maximum absolute atomic E-state index is 14.2. The fourth-order valence-electron chi connectivity index (χ4n) is 4.15. The summed E-state index contributed by atoms with van der Waals surface area (Å²) < 4.78 is 14.2. The van der Waals surface area contributed by atoms with Crippen molar-refractivity contribution >= 4 is 23.1 Å². The van der Waals surface area contributed by atoms with Crippen LogP contribution in [0.5, 0.6) is 0 Å². The van der Waals surface area contributed by atoms with Gasteiger partial charge in [0.25, 0.3) is 0 Å². The molecule has 1 spiro atoms. The summed E-state index contributed by atoms with van der Waals surface area (Å²) in [6, 6.07) is 14.0. The summed E-state index contributed by atoms with van der Waals surface area (Å²) in [5, 5.41) is 12.6. The molecule has 2 atom stereocenters. The smallest absolute Gasteiger partial charge is 0.238 e. The molecule has 6 heteroatoms. The minimum atomic E-state index is -1.02. The van der Waals surface area contributed by atoms with Crippen LogP contribution in [0.3, 0.4) is 0 Å². The van der Waals surface area contributed by atoms with Crippen molar-refractivity contribution < 1.29 is 14.0 Å². The van der Waals surface area contributed by atoms with Gasteiger partial charge in [-0.3, -0.25) is 9.59 Å². The van der Waals surface area contributed by atoms with Crippen molar-refractivity contribution in [2.24, 2.45) is 5.92 Å². The fourth-order valence-corrected chi connectivity index (χ4v) is 4.15. The number of ketones is 1. The lowest BCUT2D eigenvalue weighted by atomic mass is 9.74. The Hall–Kier alpha value is -3.20. The Labute approximate surface area is 150 Å². The third kappa shape index (κ3) is 2.07. The summed E-state index contributed by atoms with van der Waals surface area (Å²) in [5.41, 5.74) is 0.872. The number of amides is 1. The van der Waals surface area contributed by atoms with Crippen LogP contribution in [0.1, 0.15) is 22.8 Å². The number of halogens is 1. The molecule has 2 aromatic rings. The van der Waals surface area contributed by atoms with E-state index in [-0.39, 0.29) is 30.3 Å². The molecule has 0 aliphatic carbocycles. The van der Waals surface area contributed by atoms with Gasteiger partial charge in [0.2, 0.25) is 5.91 Å². The first-order valence-corrected chi connectivity index (χ1v) is 8.34. The molecule has 1 saturated heterocycles. The molecular weight excluding hydrogens is 333 g/mol. The molecule has 1 amide bonds. The number of hydrogen-bond acceptors (Lipinski definition) is 4. The zero-order valence-corrected chi connectivity index (χ0v) is 14.1. The van der Waals surface area contributed by atoms with E-state index in [4.69, 9.17) is 0 Å². The predicted molar refractivity (Wildman–Crippen MR) is 94.5 cm³/mol. The van der Waals surface area contributed by atoms with Crippen molar-refractivity contribution in [3.05, 3.63) is 59.4 Å². The monoisotopic (exact) mass is 349 g/mol. The first kappa shape index (κ1) is 16.3. The maximum atomic E-state index is 14.2. The highest BCUT2D eigenvalue weighted by molar-refractivity contribution is 6.08. The van der Waals surface area contributed by atoms with E-state index in [1.54, 1.807) is 11.0 Å². The summed E-state index contributed by atoms with van der Waals surface area (Å²) >= 11 is 0. The number of rotatable bonds is 2. The summed E-state index contributed by atoms with van der Waals surface area (Å²) in [6.45, 7) is 1.78. The van der Waals surface area contributed by atoms with Gasteiger partial charge in [-0.15, -0.1) is 0 Å². The number of nitriles is 1. The third-order valence-electron chi connectivity index (χ3n) is 5.34. The van der Waals surface area contributed by atoms with E-state index in [1.165, 1.54) is 19.1 Å². The van der Waals surface area contributed by atoms with E-state index in [9.17, 15) is 19.2 Å². The van der Waals surface area contributed by atoms with Crippen molar-refractivity contribution in [3.8, 4) is 6.07 Å². The normalized spacial score (nSPS) is 23.7.